The fourth-order valence-electron chi connectivity index (χ4n) is 2.12. The summed E-state index contributed by atoms with van der Waals surface area (Å²) in [5, 5.41) is 23.2. The average Bonchev–Trinajstić information content (AvgIpc) is 2.86. The Morgan fingerprint density at radius 2 is 2.16 bits per heavy atom. The Balaban J connectivity index is 1.78. The number of nitrogens with one attached hydrogen (secondary N) is 1. The van der Waals surface area contributed by atoms with E-state index in [1.807, 2.05) is 24.3 Å². The minimum Gasteiger partial charge on any atom is -0.497 e. The van der Waals surface area contributed by atoms with Crippen molar-refractivity contribution in [3.05, 3.63) is 29.8 Å². The Hall–Kier alpha value is -1.14. The monoisotopic (exact) mass is 267 g/mol. The normalized spacial score (nSPS) is 24.4. The number of methoxy groups -OCH3 is 1. The number of hydrogen-bond donors (Lipinski definition) is 3. The van der Waals surface area contributed by atoms with Crippen molar-refractivity contribution in [1.82, 2.24) is 5.32 Å². The van der Waals surface area contributed by atoms with Crippen LogP contribution in [0.2, 0.25) is 0 Å². The molecule has 0 bridgehead atoms. The van der Waals surface area contributed by atoms with Crippen molar-refractivity contribution in [1.29, 1.82) is 0 Å². The standard InChI is InChI=1S/C14H21NO4/c1-18-12-4-2-11(3-5-12)13(16)8-15-9-14(17)6-7-19-10-14/h2-5,13,15-17H,6-10H2,1H3. The molecule has 0 radical (unpaired) electrons. The van der Waals surface area contributed by atoms with E-state index in [1.165, 1.54) is 0 Å². The molecule has 19 heavy (non-hydrogen) atoms. The van der Waals surface area contributed by atoms with Gasteiger partial charge >= 0.3 is 0 Å². The first kappa shape index (κ1) is 14.3. The van der Waals surface area contributed by atoms with Crippen LogP contribution in [0.15, 0.2) is 24.3 Å². The van der Waals surface area contributed by atoms with Gasteiger partial charge < -0.3 is 25.0 Å². The van der Waals surface area contributed by atoms with Crippen LogP contribution in [0.1, 0.15) is 18.1 Å². The van der Waals surface area contributed by atoms with Crippen LogP contribution in [0.25, 0.3) is 0 Å². The zero-order chi connectivity index (χ0) is 13.7. The molecule has 0 saturated carbocycles. The van der Waals surface area contributed by atoms with Crippen LogP contribution in [0.3, 0.4) is 0 Å². The molecule has 106 valence electrons. The van der Waals surface area contributed by atoms with Gasteiger partial charge in [-0.2, -0.15) is 0 Å². The van der Waals surface area contributed by atoms with Crippen LogP contribution in [-0.4, -0.2) is 49.2 Å². The smallest absolute Gasteiger partial charge is 0.118 e. The lowest BCUT2D eigenvalue weighted by Gasteiger charge is -2.22. The van der Waals surface area contributed by atoms with Crippen LogP contribution in [-0.2, 0) is 4.74 Å². The molecule has 0 aliphatic carbocycles. The van der Waals surface area contributed by atoms with Crippen molar-refractivity contribution in [2.45, 2.75) is 18.1 Å². The fraction of sp³-hybridized carbons (Fsp3) is 0.571. The Morgan fingerprint density at radius 3 is 2.74 bits per heavy atom. The summed E-state index contributed by atoms with van der Waals surface area (Å²) in [6.45, 7) is 1.78. The number of rotatable bonds is 6. The molecule has 2 rings (SSSR count). The van der Waals surface area contributed by atoms with Gasteiger partial charge in [0.1, 0.15) is 11.4 Å². The van der Waals surface area contributed by atoms with Crippen molar-refractivity contribution in [3.8, 4) is 5.75 Å². The molecule has 1 aliphatic rings. The van der Waals surface area contributed by atoms with E-state index < -0.39 is 11.7 Å². The largest absolute Gasteiger partial charge is 0.497 e. The Kier molecular flexibility index (Phi) is 4.76. The molecule has 1 aliphatic heterocycles. The maximum absolute atomic E-state index is 10.1. The minimum atomic E-state index is -0.792. The topological polar surface area (TPSA) is 71.0 Å². The van der Waals surface area contributed by atoms with Gasteiger partial charge in [0, 0.05) is 26.1 Å². The molecular formula is C14H21NO4. The molecule has 3 N–H and O–H groups in total. The molecule has 0 aromatic heterocycles. The number of aliphatic hydroxyl groups is 2. The SMILES string of the molecule is COc1ccc(C(O)CNCC2(O)CCOC2)cc1. The van der Waals surface area contributed by atoms with Gasteiger partial charge in [0.2, 0.25) is 0 Å². The van der Waals surface area contributed by atoms with Gasteiger partial charge in [0.05, 0.1) is 19.8 Å². The zero-order valence-electron chi connectivity index (χ0n) is 11.1. The Morgan fingerprint density at radius 1 is 1.42 bits per heavy atom. The molecular weight excluding hydrogens is 246 g/mol. The molecule has 5 nitrogen and oxygen atoms in total. The van der Waals surface area contributed by atoms with Gasteiger partial charge in [-0.15, -0.1) is 0 Å². The lowest BCUT2D eigenvalue weighted by Crippen LogP contribution is -2.42. The first-order chi connectivity index (χ1) is 9.13. The highest BCUT2D eigenvalue weighted by atomic mass is 16.5. The van der Waals surface area contributed by atoms with Gasteiger partial charge in [-0.25, -0.2) is 0 Å². The maximum Gasteiger partial charge on any atom is 0.118 e. The molecule has 1 heterocycles. The fourth-order valence-corrected chi connectivity index (χ4v) is 2.12. The third kappa shape index (κ3) is 3.91. The van der Waals surface area contributed by atoms with E-state index in [4.69, 9.17) is 9.47 Å². The third-order valence-corrected chi connectivity index (χ3v) is 3.37. The lowest BCUT2D eigenvalue weighted by molar-refractivity contribution is 0.0244. The van der Waals surface area contributed by atoms with Crippen molar-refractivity contribution >= 4 is 0 Å². The van der Waals surface area contributed by atoms with Crippen LogP contribution in [0.4, 0.5) is 0 Å². The average molecular weight is 267 g/mol. The number of hydrogen-bond acceptors (Lipinski definition) is 5. The summed E-state index contributed by atoms with van der Waals surface area (Å²) in [5.74, 6) is 0.765. The second-order valence-electron chi connectivity index (χ2n) is 4.95. The van der Waals surface area contributed by atoms with E-state index in [1.54, 1.807) is 7.11 Å². The van der Waals surface area contributed by atoms with E-state index in [-0.39, 0.29) is 0 Å². The molecule has 5 heteroatoms. The van der Waals surface area contributed by atoms with Crippen LogP contribution < -0.4 is 10.1 Å². The van der Waals surface area contributed by atoms with Gasteiger partial charge in [-0.3, -0.25) is 0 Å². The van der Waals surface area contributed by atoms with Crippen molar-refractivity contribution in [2.24, 2.45) is 0 Å². The molecule has 1 fully saturated rings. The van der Waals surface area contributed by atoms with E-state index >= 15 is 0 Å². The van der Waals surface area contributed by atoms with Crippen molar-refractivity contribution in [3.63, 3.8) is 0 Å². The highest BCUT2D eigenvalue weighted by molar-refractivity contribution is 5.28. The van der Waals surface area contributed by atoms with Gasteiger partial charge in [-0.1, -0.05) is 12.1 Å². The second kappa shape index (κ2) is 6.34. The third-order valence-electron chi connectivity index (χ3n) is 3.37. The summed E-state index contributed by atoms with van der Waals surface area (Å²) in [6.07, 6.45) is 0.0374. The Bertz CT molecular complexity index is 387. The van der Waals surface area contributed by atoms with E-state index in [9.17, 15) is 10.2 Å². The summed E-state index contributed by atoms with van der Waals surface area (Å²) in [7, 11) is 1.61. The molecule has 2 atom stereocenters. The van der Waals surface area contributed by atoms with Gasteiger partial charge in [-0.05, 0) is 17.7 Å². The van der Waals surface area contributed by atoms with Crippen LogP contribution >= 0.6 is 0 Å². The molecule has 1 aromatic carbocycles. The first-order valence-corrected chi connectivity index (χ1v) is 6.46. The quantitative estimate of drug-likeness (QED) is 0.699. The summed E-state index contributed by atoms with van der Waals surface area (Å²) in [4.78, 5) is 0. The molecule has 1 saturated heterocycles. The summed E-state index contributed by atoms with van der Waals surface area (Å²) in [6, 6.07) is 7.30. The summed E-state index contributed by atoms with van der Waals surface area (Å²) < 4.78 is 10.2. The predicted octanol–water partition coefficient (Wildman–Crippen LogP) is 0.470. The highest BCUT2D eigenvalue weighted by Gasteiger charge is 2.31. The van der Waals surface area contributed by atoms with E-state index in [0.717, 1.165) is 11.3 Å². The highest BCUT2D eigenvalue weighted by Crippen LogP contribution is 2.19. The van der Waals surface area contributed by atoms with Crippen LogP contribution in [0.5, 0.6) is 5.75 Å². The first-order valence-electron chi connectivity index (χ1n) is 6.46. The Labute approximate surface area is 113 Å². The summed E-state index contributed by atoms with van der Waals surface area (Å²) in [5.41, 5.74) is 0.0302. The second-order valence-corrected chi connectivity index (χ2v) is 4.95. The lowest BCUT2D eigenvalue weighted by atomic mass is 10.0. The zero-order valence-corrected chi connectivity index (χ0v) is 11.1. The molecule has 0 amide bonds. The van der Waals surface area contributed by atoms with Gasteiger partial charge in [0.15, 0.2) is 0 Å². The van der Waals surface area contributed by atoms with Gasteiger partial charge in [0.25, 0.3) is 0 Å². The van der Waals surface area contributed by atoms with Crippen molar-refractivity contribution in [2.75, 3.05) is 33.4 Å². The summed E-state index contributed by atoms with van der Waals surface area (Å²) >= 11 is 0. The number of ether oxygens (including phenoxy) is 2. The number of aliphatic hydroxyl groups excluding tert-OH is 1. The molecule has 0 spiro atoms. The minimum absolute atomic E-state index is 0.360. The van der Waals surface area contributed by atoms with E-state index in [0.29, 0.717) is 32.7 Å². The van der Waals surface area contributed by atoms with Crippen LogP contribution in [0, 0.1) is 0 Å². The molecule has 1 aromatic rings. The number of benzene rings is 1. The van der Waals surface area contributed by atoms with E-state index in [2.05, 4.69) is 5.32 Å². The predicted molar refractivity (Wildman–Crippen MR) is 71.2 cm³/mol. The molecule has 2 unspecified atom stereocenters. The maximum atomic E-state index is 10.1. The van der Waals surface area contributed by atoms with Crippen molar-refractivity contribution < 1.29 is 19.7 Å².